The fourth-order valence-corrected chi connectivity index (χ4v) is 3.41. The largest absolute Gasteiger partial charge is 0.302 e. The van der Waals surface area contributed by atoms with Crippen molar-refractivity contribution in [3.05, 3.63) is 0 Å². The topological polar surface area (TPSA) is 6.48 Å². The Bertz CT molecular complexity index is 202. The molecule has 0 bridgehead atoms. The van der Waals surface area contributed by atoms with Gasteiger partial charge >= 0.3 is 0 Å². The highest BCUT2D eigenvalue weighted by Gasteiger charge is 2.46. The van der Waals surface area contributed by atoms with E-state index in [9.17, 15) is 0 Å². The van der Waals surface area contributed by atoms with Crippen LogP contribution in [0.2, 0.25) is 0 Å². The summed E-state index contributed by atoms with van der Waals surface area (Å²) in [6, 6.07) is 0.731. The van der Waals surface area contributed by atoms with Crippen LogP contribution in [0.5, 0.6) is 0 Å². The third-order valence-electron chi connectivity index (χ3n) is 4.13. The zero-order valence-corrected chi connectivity index (χ0v) is 9.92. The summed E-state index contributed by atoms with van der Waals surface area (Å²) in [5.41, 5.74) is 0.560. The lowest BCUT2D eigenvalue weighted by atomic mass is 9.94. The highest BCUT2D eigenvalue weighted by Crippen LogP contribution is 2.38. The van der Waals surface area contributed by atoms with Gasteiger partial charge in [-0.1, -0.05) is 6.92 Å². The van der Waals surface area contributed by atoms with Gasteiger partial charge in [-0.15, -0.1) is 0 Å². The summed E-state index contributed by atoms with van der Waals surface area (Å²) in [4.78, 5) is 5.36. The molecule has 2 heteroatoms. The fraction of sp³-hybridized carbons (Fsp3) is 1.00. The smallest absolute Gasteiger partial charge is 0.0351 e. The molecule has 0 aromatic heterocycles. The molecule has 2 aliphatic heterocycles. The van der Waals surface area contributed by atoms with Crippen LogP contribution in [0.3, 0.4) is 0 Å². The van der Waals surface area contributed by atoms with Gasteiger partial charge in [0.1, 0.15) is 0 Å². The van der Waals surface area contributed by atoms with E-state index >= 15 is 0 Å². The molecule has 0 N–H and O–H groups in total. The molecule has 1 unspecified atom stereocenters. The van der Waals surface area contributed by atoms with Crippen molar-refractivity contribution in [3.8, 4) is 0 Å². The maximum absolute atomic E-state index is 2.75. The minimum Gasteiger partial charge on any atom is -0.302 e. The highest BCUT2D eigenvalue weighted by molar-refractivity contribution is 5.03. The third-order valence-corrected chi connectivity index (χ3v) is 4.13. The molecule has 0 saturated carbocycles. The third kappa shape index (κ3) is 1.59. The molecule has 1 spiro atoms. The maximum Gasteiger partial charge on any atom is 0.0351 e. The van der Waals surface area contributed by atoms with Gasteiger partial charge in [0.15, 0.2) is 0 Å². The van der Waals surface area contributed by atoms with Crippen LogP contribution in [0.15, 0.2) is 0 Å². The van der Waals surface area contributed by atoms with Crippen LogP contribution in [0.1, 0.15) is 40.0 Å². The molecular weight excluding hydrogens is 172 g/mol. The van der Waals surface area contributed by atoms with Gasteiger partial charge in [-0.25, -0.2) is 0 Å². The average Bonchev–Trinajstić information content (AvgIpc) is 2.74. The number of rotatable bonds is 2. The van der Waals surface area contributed by atoms with Gasteiger partial charge < -0.3 is 4.90 Å². The van der Waals surface area contributed by atoms with Crippen molar-refractivity contribution in [2.75, 3.05) is 26.2 Å². The summed E-state index contributed by atoms with van der Waals surface area (Å²) in [6.07, 6.45) is 4.25. The van der Waals surface area contributed by atoms with Crippen molar-refractivity contribution in [2.45, 2.75) is 51.6 Å². The van der Waals surface area contributed by atoms with Crippen LogP contribution in [0, 0.1) is 0 Å². The van der Waals surface area contributed by atoms with E-state index in [1.54, 1.807) is 0 Å². The molecule has 2 saturated heterocycles. The highest BCUT2D eigenvalue weighted by atomic mass is 15.3. The van der Waals surface area contributed by atoms with Gasteiger partial charge in [-0.05, 0) is 46.2 Å². The lowest BCUT2D eigenvalue weighted by Gasteiger charge is -2.38. The van der Waals surface area contributed by atoms with Crippen molar-refractivity contribution in [2.24, 2.45) is 0 Å². The Kier molecular flexibility index (Phi) is 2.85. The molecule has 2 nitrogen and oxygen atoms in total. The molecule has 0 radical (unpaired) electrons. The van der Waals surface area contributed by atoms with Crippen LogP contribution >= 0.6 is 0 Å². The fourth-order valence-electron chi connectivity index (χ4n) is 3.41. The van der Waals surface area contributed by atoms with E-state index in [1.807, 2.05) is 0 Å². The number of nitrogens with zero attached hydrogens (tertiary/aromatic N) is 2. The molecule has 0 aromatic carbocycles. The van der Waals surface area contributed by atoms with Crippen LogP contribution in [0.4, 0.5) is 0 Å². The van der Waals surface area contributed by atoms with Crippen molar-refractivity contribution in [1.82, 2.24) is 9.80 Å². The zero-order chi connectivity index (χ0) is 10.2. The molecule has 0 aliphatic carbocycles. The second-order valence-electron chi connectivity index (χ2n) is 5.23. The summed E-state index contributed by atoms with van der Waals surface area (Å²) in [5.74, 6) is 0. The number of hydrogen-bond donors (Lipinski definition) is 0. The monoisotopic (exact) mass is 196 g/mol. The van der Waals surface area contributed by atoms with Crippen molar-refractivity contribution < 1.29 is 0 Å². The van der Waals surface area contributed by atoms with E-state index < -0.39 is 0 Å². The van der Waals surface area contributed by atoms with E-state index in [4.69, 9.17) is 0 Å². The SMILES string of the molecule is CCN1CCC2(CCCN2C(C)C)C1. The van der Waals surface area contributed by atoms with Gasteiger partial charge in [-0.3, -0.25) is 4.90 Å². The van der Waals surface area contributed by atoms with E-state index in [1.165, 1.54) is 45.4 Å². The van der Waals surface area contributed by atoms with Gasteiger partial charge in [0.25, 0.3) is 0 Å². The standard InChI is InChI=1S/C12H24N2/c1-4-13-9-7-12(10-13)6-5-8-14(12)11(2)3/h11H,4-10H2,1-3H3. The Hall–Kier alpha value is -0.0800. The predicted octanol–water partition coefficient (Wildman–Crippen LogP) is 1.95. The molecule has 2 rings (SSSR count). The first-order valence-electron chi connectivity index (χ1n) is 6.17. The van der Waals surface area contributed by atoms with Crippen molar-refractivity contribution >= 4 is 0 Å². The minimum atomic E-state index is 0.560. The van der Waals surface area contributed by atoms with Gasteiger partial charge in [0.05, 0.1) is 0 Å². The molecule has 2 heterocycles. The summed E-state index contributed by atoms with van der Waals surface area (Å²) in [7, 11) is 0. The van der Waals surface area contributed by atoms with E-state index in [0.717, 1.165) is 6.04 Å². The quantitative estimate of drug-likeness (QED) is 0.666. The molecular formula is C12H24N2. The molecule has 1 atom stereocenters. The lowest BCUT2D eigenvalue weighted by molar-refractivity contribution is 0.107. The lowest BCUT2D eigenvalue weighted by Crippen LogP contribution is -2.49. The van der Waals surface area contributed by atoms with E-state index in [2.05, 4.69) is 30.6 Å². The first-order chi connectivity index (χ1) is 6.68. The predicted molar refractivity (Wildman–Crippen MR) is 60.5 cm³/mol. The van der Waals surface area contributed by atoms with E-state index in [0.29, 0.717) is 5.54 Å². The Morgan fingerprint density at radius 3 is 2.57 bits per heavy atom. The second kappa shape index (κ2) is 3.82. The first-order valence-corrected chi connectivity index (χ1v) is 6.17. The Morgan fingerprint density at radius 1 is 1.21 bits per heavy atom. The summed E-state index contributed by atoms with van der Waals surface area (Å²) < 4.78 is 0. The minimum absolute atomic E-state index is 0.560. The van der Waals surface area contributed by atoms with Gasteiger partial charge in [0, 0.05) is 24.7 Å². The second-order valence-corrected chi connectivity index (χ2v) is 5.23. The molecule has 82 valence electrons. The van der Waals surface area contributed by atoms with E-state index in [-0.39, 0.29) is 0 Å². The summed E-state index contributed by atoms with van der Waals surface area (Å²) >= 11 is 0. The molecule has 0 aromatic rings. The molecule has 0 amide bonds. The van der Waals surface area contributed by atoms with Crippen molar-refractivity contribution in [3.63, 3.8) is 0 Å². The molecule has 2 fully saturated rings. The average molecular weight is 196 g/mol. The van der Waals surface area contributed by atoms with Crippen LogP contribution in [-0.2, 0) is 0 Å². The Labute approximate surface area is 88.3 Å². The number of hydrogen-bond acceptors (Lipinski definition) is 2. The Balaban J connectivity index is 2.08. The van der Waals surface area contributed by atoms with Gasteiger partial charge in [0.2, 0.25) is 0 Å². The van der Waals surface area contributed by atoms with Crippen LogP contribution in [0.25, 0.3) is 0 Å². The molecule has 14 heavy (non-hydrogen) atoms. The van der Waals surface area contributed by atoms with Gasteiger partial charge in [-0.2, -0.15) is 0 Å². The van der Waals surface area contributed by atoms with Crippen LogP contribution in [-0.4, -0.2) is 47.6 Å². The summed E-state index contributed by atoms with van der Waals surface area (Å²) in [6.45, 7) is 12.2. The van der Waals surface area contributed by atoms with Crippen LogP contribution < -0.4 is 0 Å². The van der Waals surface area contributed by atoms with Crippen molar-refractivity contribution in [1.29, 1.82) is 0 Å². The zero-order valence-electron chi connectivity index (χ0n) is 9.92. The first kappa shape index (κ1) is 10.4. The number of likely N-dealkylation sites (N-methyl/N-ethyl adjacent to an activating group) is 1. The maximum atomic E-state index is 2.75. The Morgan fingerprint density at radius 2 is 2.00 bits per heavy atom. The summed E-state index contributed by atoms with van der Waals surface area (Å²) in [5, 5.41) is 0. The molecule has 2 aliphatic rings. The number of likely N-dealkylation sites (tertiary alicyclic amines) is 2. The normalized spacial score (nSPS) is 35.1.